The van der Waals surface area contributed by atoms with E-state index in [0.717, 1.165) is 40.7 Å². The van der Waals surface area contributed by atoms with Crippen LogP contribution in [0.15, 0.2) is 30.6 Å². The fourth-order valence-electron chi connectivity index (χ4n) is 3.45. The van der Waals surface area contributed by atoms with E-state index >= 15 is 0 Å². The van der Waals surface area contributed by atoms with Crippen LogP contribution in [0.2, 0.25) is 0 Å². The summed E-state index contributed by atoms with van der Waals surface area (Å²) < 4.78 is 1.79. The molecule has 0 aliphatic heterocycles. The van der Waals surface area contributed by atoms with E-state index < -0.39 is 5.97 Å². The number of hydrogen-bond acceptors (Lipinski definition) is 3. The van der Waals surface area contributed by atoms with Crippen molar-refractivity contribution in [3.05, 3.63) is 53.0 Å². The number of hydrogen-bond donors (Lipinski definition) is 2. The lowest BCUT2D eigenvalue weighted by molar-refractivity contribution is 0.0689. The molecule has 0 bridgehead atoms. The first-order valence-corrected chi connectivity index (χ1v) is 8.88. The summed E-state index contributed by atoms with van der Waals surface area (Å²) in [7, 11) is 1.90. The molecule has 3 rings (SSSR count). The second kappa shape index (κ2) is 7.33. The molecule has 0 aliphatic carbocycles. The fraction of sp³-hybridized carbons (Fsp3) is 0.400. The van der Waals surface area contributed by atoms with Gasteiger partial charge >= 0.3 is 5.97 Å². The van der Waals surface area contributed by atoms with Crippen molar-refractivity contribution in [2.75, 3.05) is 6.54 Å². The number of rotatable bonds is 7. The molecule has 0 saturated heterocycles. The topological polar surface area (TPSA) is 74.2 Å². The second-order valence-electron chi connectivity index (χ2n) is 7.42. The lowest BCUT2D eigenvalue weighted by atomic mass is 10.1. The largest absolute Gasteiger partial charge is 0.477 e. The van der Waals surface area contributed by atoms with Gasteiger partial charge in [-0.15, -0.1) is 0 Å². The molecule has 6 heteroatoms. The van der Waals surface area contributed by atoms with Crippen LogP contribution in [-0.4, -0.2) is 37.3 Å². The number of aromatic carboxylic acids is 1. The number of carboxylic acids is 1. The maximum atomic E-state index is 11.8. The van der Waals surface area contributed by atoms with Gasteiger partial charge in [-0.05, 0) is 25.0 Å². The average Bonchev–Trinajstić information content (AvgIpc) is 3.11. The summed E-state index contributed by atoms with van der Waals surface area (Å²) >= 11 is 0. The number of H-pyrrole nitrogens is 1. The fourth-order valence-corrected chi connectivity index (χ4v) is 3.45. The third-order valence-corrected chi connectivity index (χ3v) is 4.45. The van der Waals surface area contributed by atoms with Gasteiger partial charge in [0.25, 0.3) is 0 Å². The molecule has 2 aromatic heterocycles. The van der Waals surface area contributed by atoms with E-state index in [2.05, 4.69) is 34.9 Å². The number of aromatic nitrogens is 3. The lowest BCUT2D eigenvalue weighted by Crippen LogP contribution is -2.27. The Morgan fingerprint density at radius 3 is 2.73 bits per heavy atom. The Morgan fingerprint density at radius 1 is 1.35 bits per heavy atom. The minimum absolute atomic E-state index is 0.283. The van der Waals surface area contributed by atoms with E-state index in [-0.39, 0.29) is 5.69 Å². The zero-order valence-electron chi connectivity index (χ0n) is 15.8. The van der Waals surface area contributed by atoms with E-state index in [1.807, 2.05) is 38.5 Å². The van der Waals surface area contributed by atoms with Gasteiger partial charge in [-0.25, -0.2) is 4.79 Å². The molecule has 138 valence electrons. The maximum Gasteiger partial charge on any atom is 0.352 e. The molecule has 0 unspecified atom stereocenters. The van der Waals surface area contributed by atoms with E-state index in [4.69, 9.17) is 0 Å². The second-order valence-corrected chi connectivity index (χ2v) is 7.42. The minimum atomic E-state index is -0.917. The van der Waals surface area contributed by atoms with Gasteiger partial charge < -0.3 is 10.1 Å². The third kappa shape index (κ3) is 3.96. The number of nitrogens with one attached hydrogen (secondary N) is 1. The zero-order chi connectivity index (χ0) is 18.8. The molecule has 3 aromatic rings. The maximum absolute atomic E-state index is 11.8. The monoisotopic (exact) mass is 354 g/mol. The molecule has 0 aliphatic rings. The summed E-state index contributed by atoms with van der Waals surface area (Å²) in [5.74, 6) is -0.438. The standard InChI is InChI=1S/C20H26N4O2/c1-13(2)9-24(11-15-8-21-23(4)10-15)12-17-16-7-14(3)5-6-18(16)22-19(17)20(25)26/h5-8,10,13,22H,9,11-12H2,1-4H3,(H,25,26). The number of carbonyl (C=O) groups is 1. The van der Waals surface area contributed by atoms with Crippen LogP contribution in [0.1, 0.15) is 41.0 Å². The van der Waals surface area contributed by atoms with Crippen LogP contribution < -0.4 is 0 Å². The molecular weight excluding hydrogens is 328 g/mol. The van der Waals surface area contributed by atoms with Crippen molar-refractivity contribution >= 4 is 16.9 Å². The Labute approximate surface area is 153 Å². The van der Waals surface area contributed by atoms with E-state index in [0.29, 0.717) is 12.5 Å². The molecule has 2 N–H and O–H groups in total. The van der Waals surface area contributed by atoms with Crippen molar-refractivity contribution in [1.29, 1.82) is 0 Å². The first-order valence-electron chi connectivity index (χ1n) is 8.88. The first kappa shape index (κ1) is 18.2. The number of carboxylic acid groups (broad SMARTS) is 1. The highest BCUT2D eigenvalue weighted by atomic mass is 16.4. The quantitative estimate of drug-likeness (QED) is 0.680. The molecule has 0 fully saturated rings. The van der Waals surface area contributed by atoms with Gasteiger partial charge in [0.05, 0.1) is 6.20 Å². The molecule has 0 radical (unpaired) electrons. The van der Waals surface area contributed by atoms with Gasteiger partial charge in [0.2, 0.25) is 0 Å². The van der Waals surface area contributed by atoms with Crippen LogP contribution in [0, 0.1) is 12.8 Å². The van der Waals surface area contributed by atoms with Crippen molar-refractivity contribution in [3.8, 4) is 0 Å². The summed E-state index contributed by atoms with van der Waals surface area (Å²) in [6.07, 6.45) is 3.87. The van der Waals surface area contributed by atoms with E-state index in [9.17, 15) is 9.90 Å². The van der Waals surface area contributed by atoms with E-state index in [1.54, 1.807) is 4.68 Å². The van der Waals surface area contributed by atoms with Crippen molar-refractivity contribution in [3.63, 3.8) is 0 Å². The Morgan fingerprint density at radius 2 is 2.12 bits per heavy atom. The molecule has 6 nitrogen and oxygen atoms in total. The Hall–Kier alpha value is -2.60. The average molecular weight is 354 g/mol. The summed E-state index contributed by atoms with van der Waals surface area (Å²) in [5, 5.41) is 14.9. The number of aryl methyl sites for hydroxylation is 2. The highest BCUT2D eigenvalue weighted by Gasteiger charge is 2.20. The number of benzene rings is 1. The van der Waals surface area contributed by atoms with E-state index in [1.165, 1.54) is 0 Å². The van der Waals surface area contributed by atoms with Crippen LogP contribution in [0.3, 0.4) is 0 Å². The summed E-state index contributed by atoms with van der Waals surface area (Å²) in [6.45, 7) is 8.58. The van der Waals surface area contributed by atoms with Crippen LogP contribution >= 0.6 is 0 Å². The van der Waals surface area contributed by atoms with Gasteiger partial charge in [0.1, 0.15) is 5.69 Å². The molecule has 1 aromatic carbocycles. The first-order chi connectivity index (χ1) is 12.3. The molecule has 0 saturated carbocycles. The van der Waals surface area contributed by atoms with Crippen molar-refractivity contribution in [1.82, 2.24) is 19.7 Å². The normalized spacial score (nSPS) is 11.8. The summed E-state index contributed by atoms with van der Waals surface area (Å²) in [5.41, 5.74) is 4.25. The van der Waals surface area contributed by atoms with Crippen molar-refractivity contribution in [2.45, 2.75) is 33.9 Å². The molecule has 0 amide bonds. The van der Waals surface area contributed by atoms with Crippen LogP contribution in [0.5, 0.6) is 0 Å². The molecule has 26 heavy (non-hydrogen) atoms. The predicted octanol–water partition coefficient (Wildman–Crippen LogP) is 3.57. The van der Waals surface area contributed by atoms with Crippen molar-refractivity contribution in [2.24, 2.45) is 13.0 Å². The van der Waals surface area contributed by atoms with Crippen molar-refractivity contribution < 1.29 is 9.90 Å². The predicted molar refractivity (Wildman–Crippen MR) is 102 cm³/mol. The lowest BCUT2D eigenvalue weighted by Gasteiger charge is -2.24. The number of fused-ring (bicyclic) bond motifs is 1. The zero-order valence-corrected chi connectivity index (χ0v) is 15.8. The smallest absolute Gasteiger partial charge is 0.352 e. The van der Waals surface area contributed by atoms with Gasteiger partial charge in [-0.1, -0.05) is 25.5 Å². The SMILES string of the molecule is Cc1ccc2[nH]c(C(=O)O)c(CN(Cc3cnn(C)c3)CC(C)C)c2c1. The summed E-state index contributed by atoms with van der Waals surface area (Å²) in [4.78, 5) is 17.1. The van der Waals surface area contributed by atoms with Crippen LogP contribution in [0.25, 0.3) is 10.9 Å². The Balaban J connectivity index is 1.97. The number of nitrogens with zero attached hydrogens (tertiary/aromatic N) is 3. The Bertz CT molecular complexity index is 923. The Kier molecular flexibility index (Phi) is 5.13. The van der Waals surface area contributed by atoms with Gasteiger partial charge in [-0.3, -0.25) is 9.58 Å². The van der Waals surface area contributed by atoms with Gasteiger partial charge in [-0.2, -0.15) is 5.10 Å². The van der Waals surface area contributed by atoms with Gasteiger partial charge in [0, 0.05) is 54.9 Å². The molecule has 0 atom stereocenters. The molecular formula is C20H26N4O2. The van der Waals surface area contributed by atoms with Crippen LogP contribution in [-0.2, 0) is 20.1 Å². The highest BCUT2D eigenvalue weighted by molar-refractivity contribution is 5.97. The molecule has 2 heterocycles. The van der Waals surface area contributed by atoms with Crippen LogP contribution in [0.4, 0.5) is 0 Å². The third-order valence-electron chi connectivity index (χ3n) is 4.45. The van der Waals surface area contributed by atoms with Gasteiger partial charge in [0.15, 0.2) is 0 Å². The minimum Gasteiger partial charge on any atom is -0.477 e. The molecule has 0 spiro atoms. The highest BCUT2D eigenvalue weighted by Crippen LogP contribution is 2.26. The summed E-state index contributed by atoms with van der Waals surface area (Å²) in [6, 6.07) is 6.01. The number of aromatic amines is 1.